The fourth-order valence-corrected chi connectivity index (χ4v) is 2.08. The molecule has 0 fully saturated rings. The molecule has 2 rings (SSSR count). The third-order valence-corrected chi connectivity index (χ3v) is 2.87. The first-order valence-corrected chi connectivity index (χ1v) is 5.58. The van der Waals surface area contributed by atoms with Gasteiger partial charge in [-0.3, -0.25) is 4.79 Å². The monoisotopic (exact) mass is 216 g/mol. The summed E-state index contributed by atoms with van der Waals surface area (Å²) in [6.07, 6.45) is 1.86. The van der Waals surface area contributed by atoms with Gasteiger partial charge in [-0.15, -0.1) is 0 Å². The molecule has 1 aliphatic heterocycles. The second-order valence-corrected chi connectivity index (χ2v) is 4.01. The molecule has 1 aliphatic rings. The normalized spacial score (nSPS) is 20.1. The Morgan fingerprint density at radius 3 is 2.62 bits per heavy atom. The zero-order chi connectivity index (χ0) is 11.5. The fourth-order valence-electron chi connectivity index (χ4n) is 2.08. The molecule has 0 saturated carbocycles. The molecule has 84 valence electrons. The summed E-state index contributed by atoms with van der Waals surface area (Å²) >= 11 is 0. The van der Waals surface area contributed by atoms with Crippen LogP contribution in [0.5, 0.6) is 0 Å². The maximum absolute atomic E-state index is 11.5. The van der Waals surface area contributed by atoms with Gasteiger partial charge in [0.1, 0.15) is 0 Å². The molecule has 0 bridgehead atoms. The van der Waals surface area contributed by atoms with Crippen molar-refractivity contribution in [2.24, 2.45) is 5.73 Å². The number of hydrogen-bond donors (Lipinski definition) is 2. The van der Waals surface area contributed by atoms with E-state index in [-0.39, 0.29) is 11.9 Å². The quantitative estimate of drug-likeness (QED) is 0.810. The number of carbonyl (C=O) groups is 1. The van der Waals surface area contributed by atoms with E-state index >= 15 is 0 Å². The van der Waals surface area contributed by atoms with Gasteiger partial charge >= 0.3 is 0 Å². The lowest BCUT2D eigenvalue weighted by Crippen LogP contribution is -2.23. The highest BCUT2D eigenvalue weighted by molar-refractivity contribution is 5.96. The van der Waals surface area contributed by atoms with E-state index in [0.29, 0.717) is 5.70 Å². The van der Waals surface area contributed by atoms with Crippen molar-refractivity contribution in [2.75, 3.05) is 0 Å². The van der Waals surface area contributed by atoms with Crippen molar-refractivity contribution in [1.29, 1.82) is 0 Å². The number of amides is 1. The molecule has 0 aliphatic carbocycles. The highest BCUT2D eigenvalue weighted by Crippen LogP contribution is 2.30. The van der Waals surface area contributed by atoms with E-state index in [1.54, 1.807) is 0 Å². The van der Waals surface area contributed by atoms with Crippen molar-refractivity contribution in [3.05, 3.63) is 47.2 Å². The van der Waals surface area contributed by atoms with Gasteiger partial charge in [-0.05, 0) is 17.6 Å². The molecule has 1 unspecified atom stereocenters. The Morgan fingerprint density at radius 2 is 2.00 bits per heavy atom. The summed E-state index contributed by atoms with van der Waals surface area (Å²) in [5.74, 6) is -0.141. The second kappa shape index (κ2) is 4.39. The summed E-state index contributed by atoms with van der Waals surface area (Å²) in [6.45, 7) is 2.09. The van der Waals surface area contributed by atoms with Gasteiger partial charge in [-0.2, -0.15) is 0 Å². The topological polar surface area (TPSA) is 55.1 Å². The maximum atomic E-state index is 11.5. The Kier molecular flexibility index (Phi) is 2.95. The van der Waals surface area contributed by atoms with Gasteiger partial charge in [0.05, 0.1) is 11.7 Å². The second-order valence-electron chi connectivity index (χ2n) is 4.01. The van der Waals surface area contributed by atoms with Crippen LogP contribution in [0.15, 0.2) is 41.6 Å². The van der Waals surface area contributed by atoms with Gasteiger partial charge in [-0.1, -0.05) is 43.7 Å². The fraction of sp³-hybridized carbons (Fsp3) is 0.308. The summed E-state index contributed by atoms with van der Waals surface area (Å²) in [6, 6.07) is 9.90. The first-order valence-electron chi connectivity index (χ1n) is 5.58. The Balaban J connectivity index is 2.33. The lowest BCUT2D eigenvalue weighted by molar-refractivity contribution is -0.117. The molecule has 1 heterocycles. The SMILES string of the molecule is CCCC1=C(N)C(=O)NC1c1ccccc1. The molecule has 1 amide bonds. The standard InChI is InChI=1S/C13H16N2O/c1-2-6-10-11(14)13(16)15-12(10)9-7-4-3-5-8-9/h3-5,7-8,12H,2,6,14H2,1H3,(H,15,16). The molecule has 0 saturated heterocycles. The molecule has 1 aromatic rings. The molecule has 1 atom stereocenters. The minimum atomic E-state index is -0.141. The van der Waals surface area contributed by atoms with Crippen LogP contribution in [0.25, 0.3) is 0 Å². The summed E-state index contributed by atoms with van der Waals surface area (Å²) in [5.41, 5.74) is 8.33. The first kappa shape index (κ1) is 10.7. The van der Waals surface area contributed by atoms with Crippen LogP contribution in [0.3, 0.4) is 0 Å². The molecular formula is C13H16N2O. The molecular weight excluding hydrogens is 200 g/mol. The van der Waals surface area contributed by atoms with Crippen LogP contribution in [-0.2, 0) is 4.79 Å². The van der Waals surface area contributed by atoms with Crippen LogP contribution in [0.4, 0.5) is 0 Å². The van der Waals surface area contributed by atoms with Gasteiger partial charge in [0.2, 0.25) is 0 Å². The molecule has 3 heteroatoms. The van der Waals surface area contributed by atoms with Crippen LogP contribution in [0, 0.1) is 0 Å². The zero-order valence-electron chi connectivity index (χ0n) is 9.36. The predicted octanol–water partition coefficient (Wildman–Crippen LogP) is 1.87. The number of hydrogen-bond acceptors (Lipinski definition) is 2. The van der Waals surface area contributed by atoms with Gasteiger partial charge in [0.15, 0.2) is 0 Å². The molecule has 0 spiro atoms. The Morgan fingerprint density at radius 1 is 1.31 bits per heavy atom. The van der Waals surface area contributed by atoms with E-state index in [1.165, 1.54) is 0 Å². The average molecular weight is 216 g/mol. The van der Waals surface area contributed by atoms with Crippen molar-refractivity contribution < 1.29 is 4.79 Å². The number of carbonyl (C=O) groups excluding carboxylic acids is 1. The Bertz CT molecular complexity index is 423. The van der Waals surface area contributed by atoms with E-state index in [4.69, 9.17) is 5.73 Å². The van der Waals surface area contributed by atoms with Gasteiger partial charge in [0.25, 0.3) is 5.91 Å². The third-order valence-electron chi connectivity index (χ3n) is 2.87. The number of nitrogens with one attached hydrogen (secondary N) is 1. The Labute approximate surface area is 95.3 Å². The number of benzene rings is 1. The summed E-state index contributed by atoms with van der Waals surface area (Å²) in [5, 5.41) is 2.92. The van der Waals surface area contributed by atoms with E-state index < -0.39 is 0 Å². The molecule has 1 aromatic carbocycles. The molecule has 0 aromatic heterocycles. The van der Waals surface area contributed by atoms with Crippen LogP contribution in [-0.4, -0.2) is 5.91 Å². The van der Waals surface area contributed by atoms with Gasteiger partial charge in [0, 0.05) is 0 Å². The van der Waals surface area contributed by atoms with E-state index in [2.05, 4.69) is 12.2 Å². The van der Waals surface area contributed by atoms with Crippen molar-refractivity contribution in [2.45, 2.75) is 25.8 Å². The summed E-state index contributed by atoms with van der Waals surface area (Å²) < 4.78 is 0. The zero-order valence-corrected chi connectivity index (χ0v) is 9.36. The van der Waals surface area contributed by atoms with E-state index in [1.807, 2.05) is 30.3 Å². The minimum absolute atomic E-state index is 0.0337. The average Bonchev–Trinajstić information content (AvgIpc) is 2.59. The van der Waals surface area contributed by atoms with Gasteiger partial charge < -0.3 is 11.1 Å². The van der Waals surface area contributed by atoms with Crippen molar-refractivity contribution >= 4 is 5.91 Å². The molecule has 0 radical (unpaired) electrons. The number of rotatable bonds is 3. The molecule has 3 nitrogen and oxygen atoms in total. The highest BCUT2D eigenvalue weighted by Gasteiger charge is 2.29. The lowest BCUT2D eigenvalue weighted by Gasteiger charge is -2.14. The third kappa shape index (κ3) is 1.81. The van der Waals surface area contributed by atoms with Crippen molar-refractivity contribution in [3.63, 3.8) is 0 Å². The van der Waals surface area contributed by atoms with Gasteiger partial charge in [-0.25, -0.2) is 0 Å². The summed E-state index contributed by atoms with van der Waals surface area (Å²) in [4.78, 5) is 11.5. The highest BCUT2D eigenvalue weighted by atomic mass is 16.2. The predicted molar refractivity (Wildman–Crippen MR) is 63.4 cm³/mol. The van der Waals surface area contributed by atoms with Crippen LogP contribution in [0.1, 0.15) is 31.4 Å². The Hall–Kier alpha value is -1.77. The molecule has 16 heavy (non-hydrogen) atoms. The largest absolute Gasteiger partial charge is 0.394 e. The smallest absolute Gasteiger partial charge is 0.267 e. The summed E-state index contributed by atoms with van der Waals surface area (Å²) in [7, 11) is 0. The van der Waals surface area contributed by atoms with Crippen molar-refractivity contribution in [3.8, 4) is 0 Å². The van der Waals surface area contributed by atoms with E-state index in [0.717, 1.165) is 24.0 Å². The van der Waals surface area contributed by atoms with Crippen LogP contribution >= 0.6 is 0 Å². The maximum Gasteiger partial charge on any atom is 0.267 e. The van der Waals surface area contributed by atoms with Crippen molar-refractivity contribution in [1.82, 2.24) is 5.32 Å². The first-order chi connectivity index (χ1) is 7.74. The lowest BCUT2D eigenvalue weighted by atomic mass is 9.97. The minimum Gasteiger partial charge on any atom is -0.394 e. The van der Waals surface area contributed by atoms with Crippen LogP contribution < -0.4 is 11.1 Å². The molecule has 3 N–H and O–H groups in total. The van der Waals surface area contributed by atoms with Crippen LogP contribution in [0.2, 0.25) is 0 Å². The number of nitrogens with two attached hydrogens (primary N) is 1. The van der Waals surface area contributed by atoms with E-state index in [9.17, 15) is 4.79 Å².